The Balaban J connectivity index is 1.80. The molecule has 1 aliphatic carbocycles. The van der Waals surface area contributed by atoms with E-state index in [1.54, 1.807) is 0 Å². The molecule has 1 aliphatic rings. The summed E-state index contributed by atoms with van der Waals surface area (Å²) < 4.78 is 0. The van der Waals surface area contributed by atoms with E-state index in [4.69, 9.17) is 0 Å². The van der Waals surface area contributed by atoms with E-state index in [-0.39, 0.29) is 0 Å². The van der Waals surface area contributed by atoms with Crippen molar-refractivity contribution >= 4 is 0 Å². The molecule has 0 heteroatoms. The lowest BCUT2D eigenvalue weighted by Crippen LogP contribution is -2.16. The van der Waals surface area contributed by atoms with Gasteiger partial charge in [-0.1, -0.05) is 110 Å². The van der Waals surface area contributed by atoms with Gasteiger partial charge in [-0.2, -0.15) is 0 Å². The van der Waals surface area contributed by atoms with Gasteiger partial charge in [0.1, 0.15) is 0 Å². The average molecular weight is 267 g/mol. The van der Waals surface area contributed by atoms with E-state index in [0.29, 0.717) is 0 Å². The highest BCUT2D eigenvalue weighted by atomic mass is 14.3. The molecule has 0 nitrogen and oxygen atoms in total. The van der Waals surface area contributed by atoms with Crippen LogP contribution in [0.2, 0.25) is 0 Å². The predicted molar refractivity (Wildman–Crippen MR) is 87.6 cm³/mol. The summed E-state index contributed by atoms with van der Waals surface area (Å²) in [5.41, 5.74) is 0. The third-order valence-electron chi connectivity index (χ3n) is 5.22. The van der Waals surface area contributed by atoms with Crippen LogP contribution in [0.3, 0.4) is 0 Å². The quantitative estimate of drug-likeness (QED) is 0.349. The van der Waals surface area contributed by atoms with E-state index in [0.717, 1.165) is 11.8 Å². The summed E-state index contributed by atoms with van der Waals surface area (Å²) in [7, 11) is 0. The average Bonchev–Trinajstić information content (AvgIpc) is 2.43. The maximum atomic E-state index is 2.49. The summed E-state index contributed by atoms with van der Waals surface area (Å²) in [5, 5.41) is 0. The first kappa shape index (κ1) is 17.1. The molecule has 1 rings (SSSR count). The van der Waals surface area contributed by atoms with Crippen molar-refractivity contribution in [1.82, 2.24) is 0 Å². The van der Waals surface area contributed by atoms with E-state index in [1.807, 2.05) is 0 Å². The minimum absolute atomic E-state index is 1.02. The van der Waals surface area contributed by atoms with E-state index in [9.17, 15) is 0 Å². The molecule has 0 bridgehead atoms. The smallest absolute Gasteiger partial charge is 0.0388 e. The lowest BCUT2D eigenvalue weighted by molar-refractivity contribution is 0.236. The third-order valence-corrected chi connectivity index (χ3v) is 5.22. The van der Waals surface area contributed by atoms with Gasteiger partial charge in [0.15, 0.2) is 0 Å². The van der Waals surface area contributed by atoms with Gasteiger partial charge < -0.3 is 0 Å². The van der Waals surface area contributed by atoms with Gasteiger partial charge in [0.05, 0.1) is 0 Å². The van der Waals surface area contributed by atoms with E-state index in [2.05, 4.69) is 13.8 Å². The first-order chi connectivity index (χ1) is 9.34. The SMILES string of the molecule is CCCCCCCCCCCCC1CCCCC1C. The van der Waals surface area contributed by atoms with Crippen LogP contribution in [0, 0.1) is 11.8 Å². The standard InChI is InChI=1S/C19H38/c1-3-4-5-6-7-8-9-10-11-12-16-19-17-14-13-15-18(19)2/h18-19H,3-17H2,1-2H3. The Morgan fingerprint density at radius 1 is 0.684 bits per heavy atom. The number of rotatable bonds is 11. The van der Waals surface area contributed by atoms with Crippen LogP contribution in [-0.4, -0.2) is 0 Å². The van der Waals surface area contributed by atoms with Crippen molar-refractivity contribution in [2.75, 3.05) is 0 Å². The van der Waals surface area contributed by atoms with Gasteiger partial charge >= 0.3 is 0 Å². The number of hydrogen-bond acceptors (Lipinski definition) is 0. The van der Waals surface area contributed by atoms with Gasteiger partial charge in [-0.3, -0.25) is 0 Å². The summed E-state index contributed by atoms with van der Waals surface area (Å²) in [5.74, 6) is 2.09. The predicted octanol–water partition coefficient (Wildman–Crippen LogP) is 7.12. The molecule has 0 saturated heterocycles. The Morgan fingerprint density at radius 3 is 1.79 bits per heavy atom. The van der Waals surface area contributed by atoms with Gasteiger partial charge in [0, 0.05) is 0 Å². The molecule has 1 saturated carbocycles. The van der Waals surface area contributed by atoms with E-state index >= 15 is 0 Å². The molecule has 0 aromatic heterocycles. The Bertz CT molecular complexity index is 184. The molecule has 1 fully saturated rings. The normalized spacial score (nSPS) is 23.7. The van der Waals surface area contributed by atoms with Crippen LogP contribution in [0.25, 0.3) is 0 Å². The minimum Gasteiger partial charge on any atom is -0.0654 e. The molecule has 19 heavy (non-hydrogen) atoms. The molecule has 0 heterocycles. The van der Waals surface area contributed by atoms with Crippen molar-refractivity contribution in [3.63, 3.8) is 0 Å². The number of unbranched alkanes of at least 4 members (excludes halogenated alkanes) is 9. The second-order valence-electron chi connectivity index (χ2n) is 6.99. The molecule has 0 spiro atoms. The van der Waals surface area contributed by atoms with Crippen LogP contribution in [0.5, 0.6) is 0 Å². The molecule has 0 amide bonds. The van der Waals surface area contributed by atoms with Gasteiger partial charge in [-0.05, 0) is 11.8 Å². The lowest BCUT2D eigenvalue weighted by Gasteiger charge is -2.28. The first-order valence-corrected chi connectivity index (χ1v) is 9.34. The van der Waals surface area contributed by atoms with Crippen molar-refractivity contribution in [2.24, 2.45) is 11.8 Å². The molecule has 0 aliphatic heterocycles. The molecule has 2 unspecified atom stereocenters. The van der Waals surface area contributed by atoms with Crippen LogP contribution < -0.4 is 0 Å². The molecule has 0 aromatic carbocycles. The second kappa shape index (κ2) is 11.8. The zero-order valence-corrected chi connectivity index (χ0v) is 13.8. The van der Waals surface area contributed by atoms with Crippen molar-refractivity contribution in [1.29, 1.82) is 0 Å². The maximum absolute atomic E-state index is 2.49. The van der Waals surface area contributed by atoms with Crippen LogP contribution in [0.4, 0.5) is 0 Å². The molecular weight excluding hydrogens is 228 g/mol. The summed E-state index contributed by atoms with van der Waals surface area (Å²) in [6, 6.07) is 0. The molecule has 0 aromatic rings. The monoisotopic (exact) mass is 266 g/mol. The molecule has 114 valence electrons. The van der Waals surface area contributed by atoms with Crippen LogP contribution >= 0.6 is 0 Å². The summed E-state index contributed by atoms with van der Waals surface area (Å²) in [6.45, 7) is 4.79. The highest BCUT2D eigenvalue weighted by Gasteiger charge is 2.20. The summed E-state index contributed by atoms with van der Waals surface area (Å²) in [6.07, 6.45) is 22.3. The molecular formula is C19H38. The highest BCUT2D eigenvalue weighted by Crippen LogP contribution is 2.33. The fourth-order valence-corrected chi connectivity index (χ4v) is 3.72. The maximum Gasteiger partial charge on any atom is -0.0388 e. The second-order valence-corrected chi connectivity index (χ2v) is 6.99. The van der Waals surface area contributed by atoms with Crippen molar-refractivity contribution in [3.8, 4) is 0 Å². The van der Waals surface area contributed by atoms with E-state index in [1.165, 1.54) is 96.3 Å². The Hall–Kier alpha value is 0. The first-order valence-electron chi connectivity index (χ1n) is 9.34. The summed E-state index contributed by atoms with van der Waals surface area (Å²) >= 11 is 0. The highest BCUT2D eigenvalue weighted by molar-refractivity contribution is 4.72. The molecule has 2 atom stereocenters. The Morgan fingerprint density at radius 2 is 1.21 bits per heavy atom. The number of hydrogen-bond donors (Lipinski definition) is 0. The lowest BCUT2D eigenvalue weighted by atomic mass is 9.78. The van der Waals surface area contributed by atoms with Gasteiger partial charge in [0.2, 0.25) is 0 Å². The van der Waals surface area contributed by atoms with Crippen LogP contribution in [-0.2, 0) is 0 Å². The minimum atomic E-state index is 1.02. The van der Waals surface area contributed by atoms with Crippen molar-refractivity contribution in [2.45, 2.75) is 110 Å². The zero-order chi connectivity index (χ0) is 13.8. The largest absolute Gasteiger partial charge is 0.0654 e. The van der Waals surface area contributed by atoms with Gasteiger partial charge in [-0.25, -0.2) is 0 Å². The molecule has 0 radical (unpaired) electrons. The van der Waals surface area contributed by atoms with Crippen LogP contribution in [0.15, 0.2) is 0 Å². The Kier molecular flexibility index (Phi) is 10.6. The fourth-order valence-electron chi connectivity index (χ4n) is 3.72. The Labute approximate surface area is 122 Å². The topological polar surface area (TPSA) is 0 Å². The van der Waals surface area contributed by atoms with Crippen molar-refractivity contribution in [3.05, 3.63) is 0 Å². The van der Waals surface area contributed by atoms with Crippen LogP contribution in [0.1, 0.15) is 110 Å². The summed E-state index contributed by atoms with van der Waals surface area (Å²) in [4.78, 5) is 0. The van der Waals surface area contributed by atoms with E-state index < -0.39 is 0 Å². The van der Waals surface area contributed by atoms with Gasteiger partial charge in [-0.15, -0.1) is 0 Å². The van der Waals surface area contributed by atoms with Crippen molar-refractivity contribution < 1.29 is 0 Å². The zero-order valence-electron chi connectivity index (χ0n) is 13.8. The fraction of sp³-hybridized carbons (Fsp3) is 1.00. The third kappa shape index (κ3) is 8.71. The molecule has 0 N–H and O–H groups in total. The van der Waals surface area contributed by atoms with Gasteiger partial charge in [0.25, 0.3) is 0 Å².